The van der Waals surface area contributed by atoms with Crippen LogP contribution in [0.4, 0.5) is 0 Å². The SMILES string of the molecule is O=C1C([C@H]2C[C@H](c3ccccc3)[C@@H](c3cc(Cl)cc(Cl)c3O)N=N2)=C(O)c2ccccc21. The number of phenolic OH excluding ortho intramolecular Hbond substituents is 1. The minimum Gasteiger partial charge on any atom is -0.507 e. The zero-order chi connectivity index (χ0) is 22.4. The van der Waals surface area contributed by atoms with Gasteiger partial charge in [-0.25, -0.2) is 0 Å². The van der Waals surface area contributed by atoms with Crippen molar-refractivity contribution < 1.29 is 15.0 Å². The minimum absolute atomic E-state index is 0.0477. The molecule has 1 heterocycles. The van der Waals surface area contributed by atoms with Crippen LogP contribution in [-0.2, 0) is 0 Å². The summed E-state index contributed by atoms with van der Waals surface area (Å²) in [6.07, 6.45) is 0.418. The third-order valence-electron chi connectivity index (χ3n) is 6.05. The van der Waals surface area contributed by atoms with Crippen LogP contribution in [0.5, 0.6) is 5.75 Å². The van der Waals surface area contributed by atoms with Crippen LogP contribution in [0.1, 0.15) is 45.4 Å². The van der Waals surface area contributed by atoms with Crippen LogP contribution >= 0.6 is 23.2 Å². The maximum atomic E-state index is 13.1. The van der Waals surface area contributed by atoms with Gasteiger partial charge in [-0.15, -0.1) is 0 Å². The van der Waals surface area contributed by atoms with Gasteiger partial charge >= 0.3 is 0 Å². The van der Waals surface area contributed by atoms with Gasteiger partial charge in [0.25, 0.3) is 0 Å². The third-order valence-corrected chi connectivity index (χ3v) is 6.56. The molecule has 160 valence electrons. The topological polar surface area (TPSA) is 82.2 Å². The van der Waals surface area contributed by atoms with Gasteiger partial charge in [0.2, 0.25) is 0 Å². The van der Waals surface area contributed by atoms with Crippen molar-refractivity contribution in [1.82, 2.24) is 0 Å². The van der Waals surface area contributed by atoms with Crippen molar-refractivity contribution in [2.75, 3.05) is 0 Å². The second-order valence-corrected chi connectivity index (χ2v) is 8.75. The lowest BCUT2D eigenvalue weighted by molar-refractivity contribution is 0.102. The second kappa shape index (κ2) is 8.08. The number of aromatic hydroxyl groups is 1. The summed E-state index contributed by atoms with van der Waals surface area (Å²) < 4.78 is 0. The van der Waals surface area contributed by atoms with E-state index >= 15 is 0 Å². The fraction of sp³-hybridized carbons (Fsp3) is 0.160. The summed E-state index contributed by atoms with van der Waals surface area (Å²) >= 11 is 12.4. The summed E-state index contributed by atoms with van der Waals surface area (Å²) in [5, 5.41) is 30.9. The number of benzene rings is 3. The maximum absolute atomic E-state index is 13.1. The Kier molecular flexibility index (Phi) is 5.24. The quantitative estimate of drug-likeness (QED) is 0.441. The molecule has 32 heavy (non-hydrogen) atoms. The highest BCUT2D eigenvalue weighted by Gasteiger charge is 2.40. The normalized spacial score (nSPS) is 22.3. The molecule has 2 N–H and O–H groups in total. The van der Waals surface area contributed by atoms with Crippen LogP contribution in [0.2, 0.25) is 10.0 Å². The van der Waals surface area contributed by atoms with Crippen molar-refractivity contribution in [3.8, 4) is 5.75 Å². The smallest absolute Gasteiger partial charge is 0.195 e. The van der Waals surface area contributed by atoms with E-state index in [9.17, 15) is 15.0 Å². The number of hydrogen-bond acceptors (Lipinski definition) is 5. The first-order valence-electron chi connectivity index (χ1n) is 10.2. The van der Waals surface area contributed by atoms with Gasteiger partial charge < -0.3 is 10.2 Å². The van der Waals surface area contributed by atoms with E-state index in [1.165, 1.54) is 6.07 Å². The van der Waals surface area contributed by atoms with Crippen LogP contribution < -0.4 is 0 Å². The molecule has 1 aliphatic carbocycles. The summed E-state index contributed by atoms with van der Waals surface area (Å²) in [7, 11) is 0. The molecule has 0 unspecified atom stereocenters. The van der Waals surface area contributed by atoms with Crippen molar-refractivity contribution in [3.05, 3.63) is 105 Å². The number of azo groups is 1. The number of carbonyl (C=O) groups excluding carboxylic acids is 1. The Hall–Kier alpha value is -3.15. The lowest BCUT2D eigenvalue weighted by atomic mass is 9.80. The van der Waals surface area contributed by atoms with Gasteiger partial charge in [0.05, 0.1) is 10.6 Å². The Morgan fingerprint density at radius 1 is 0.875 bits per heavy atom. The van der Waals surface area contributed by atoms with Gasteiger partial charge in [0.15, 0.2) is 5.78 Å². The Bertz CT molecular complexity index is 1290. The van der Waals surface area contributed by atoms with Gasteiger partial charge in [0, 0.05) is 27.6 Å². The van der Waals surface area contributed by atoms with E-state index in [-0.39, 0.29) is 33.8 Å². The molecule has 0 saturated heterocycles. The second-order valence-electron chi connectivity index (χ2n) is 7.91. The number of fused-ring (bicyclic) bond motifs is 1. The molecular weight excluding hydrogens is 447 g/mol. The molecule has 0 radical (unpaired) electrons. The predicted octanol–water partition coefficient (Wildman–Crippen LogP) is 6.91. The highest BCUT2D eigenvalue weighted by molar-refractivity contribution is 6.35. The molecule has 3 aromatic carbocycles. The number of carbonyl (C=O) groups is 1. The van der Waals surface area contributed by atoms with Crippen LogP contribution in [-0.4, -0.2) is 22.0 Å². The lowest BCUT2D eigenvalue weighted by Crippen LogP contribution is -2.25. The monoisotopic (exact) mass is 464 g/mol. The molecule has 5 rings (SSSR count). The largest absolute Gasteiger partial charge is 0.507 e. The highest BCUT2D eigenvalue weighted by Crippen LogP contribution is 2.49. The number of aliphatic hydroxyl groups excluding tert-OH is 1. The van der Waals surface area contributed by atoms with Crippen molar-refractivity contribution in [2.45, 2.75) is 24.4 Å². The van der Waals surface area contributed by atoms with Crippen molar-refractivity contribution in [1.29, 1.82) is 0 Å². The highest BCUT2D eigenvalue weighted by atomic mass is 35.5. The first kappa shape index (κ1) is 20.7. The van der Waals surface area contributed by atoms with Crippen LogP contribution in [0.15, 0.2) is 82.5 Å². The maximum Gasteiger partial charge on any atom is 0.195 e. The van der Waals surface area contributed by atoms with Crippen LogP contribution in [0, 0.1) is 0 Å². The Morgan fingerprint density at radius 3 is 2.28 bits per heavy atom. The van der Waals surface area contributed by atoms with Crippen LogP contribution in [0.25, 0.3) is 5.76 Å². The molecule has 0 spiro atoms. The zero-order valence-corrected chi connectivity index (χ0v) is 18.3. The molecule has 5 nitrogen and oxygen atoms in total. The fourth-order valence-electron chi connectivity index (χ4n) is 4.53. The van der Waals surface area contributed by atoms with E-state index in [0.29, 0.717) is 28.1 Å². The fourth-order valence-corrected chi connectivity index (χ4v) is 5.04. The molecule has 0 saturated carbocycles. The van der Waals surface area contributed by atoms with E-state index in [0.717, 1.165) is 5.56 Å². The van der Waals surface area contributed by atoms with E-state index < -0.39 is 12.1 Å². The van der Waals surface area contributed by atoms with Crippen LogP contribution in [0.3, 0.4) is 0 Å². The van der Waals surface area contributed by atoms with Crippen molar-refractivity contribution >= 4 is 34.7 Å². The van der Waals surface area contributed by atoms with E-state index in [1.54, 1.807) is 30.3 Å². The number of rotatable bonds is 3. The van der Waals surface area contributed by atoms with Crippen molar-refractivity contribution in [2.24, 2.45) is 10.2 Å². The van der Waals surface area contributed by atoms with E-state index in [2.05, 4.69) is 10.2 Å². The Balaban J connectivity index is 1.60. The summed E-state index contributed by atoms with van der Waals surface area (Å²) in [6.45, 7) is 0. The number of Topliss-reactive ketones (excluding diaryl/α,β-unsaturated/α-hetero) is 1. The number of ketones is 1. The number of nitrogens with zero attached hydrogens (tertiary/aromatic N) is 2. The van der Waals surface area contributed by atoms with Gasteiger partial charge in [0.1, 0.15) is 23.6 Å². The lowest BCUT2D eigenvalue weighted by Gasteiger charge is -2.31. The summed E-state index contributed by atoms with van der Waals surface area (Å²) in [4.78, 5) is 13.1. The number of phenols is 1. The molecule has 0 aromatic heterocycles. The molecule has 0 amide bonds. The number of halogens is 2. The third kappa shape index (κ3) is 3.38. The van der Waals surface area contributed by atoms with E-state index in [4.69, 9.17) is 23.2 Å². The molecule has 1 aliphatic heterocycles. The first-order valence-corrected chi connectivity index (χ1v) is 10.9. The molecule has 0 bridgehead atoms. The molecule has 7 heteroatoms. The zero-order valence-electron chi connectivity index (χ0n) is 16.7. The summed E-state index contributed by atoms with van der Waals surface area (Å²) in [5.74, 6) is -0.601. The van der Waals surface area contributed by atoms with Gasteiger partial charge in [-0.05, 0) is 24.1 Å². The summed E-state index contributed by atoms with van der Waals surface area (Å²) in [6, 6.07) is 18.6. The Morgan fingerprint density at radius 2 is 1.56 bits per heavy atom. The minimum atomic E-state index is -0.617. The molecule has 0 fully saturated rings. The molecule has 3 atom stereocenters. The number of aliphatic hydroxyl groups is 1. The molecule has 2 aliphatic rings. The Labute approximate surface area is 194 Å². The molecular formula is C25H18Cl2N2O3. The summed E-state index contributed by atoms with van der Waals surface area (Å²) in [5.41, 5.74) is 2.67. The van der Waals surface area contributed by atoms with Gasteiger partial charge in [-0.2, -0.15) is 10.2 Å². The van der Waals surface area contributed by atoms with Gasteiger partial charge in [-0.1, -0.05) is 77.8 Å². The first-order chi connectivity index (χ1) is 15.5. The average molecular weight is 465 g/mol. The van der Waals surface area contributed by atoms with E-state index in [1.807, 2.05) is 30.3 Å². The predicted molar refractivity (Wildman–Crippen MR) is 124 cm³/mol. The number of hydrogen-bond donors (Lipinski definition) is 2. The van der Waals surface area contributed by atoms with Crippen molar-refractivity contribution in [3.63, 3.8) is 0 Å². The standard InChI is InChI=1S/C25H18Cl2N2O3/c26-14-10-18(23(30)19(27)11-14)22-17(13-6-2-1-3-7-13)12-20(28-29-22)21-24(31)15-8-4-5-9-16(15)25(21)32/h1-11,17,20,22,30-31H,12H2/t17-,20-,22+/m1/s1. The van der Waals surface area contributed by atoms with Gasteiger partial charge in [-0.3, -0.25) is 4.79 Å². The average Bonchev–Trinajstić information content (AvgIpc) is 3.07. The molecule has 3 aromatic rings.